The Hall–Kier alpha value is -3.47. The summed E-state index contributed by atoms with van der Waals surface area (Å²) in [7, 11) is 1.69. The summed E-state index contributed by atoms with van der Waals surface area (Å²) in [4.78, 5) is 0. The molecule has 158 valence electrons. The van der Waals surface area contributed by atoms with Gasteiger partial charge in [-0.1, -0.05) is 37.3 Å². The molecule has 0 amide bonds. The fourth-order valence-corrected chi connectivity index (χ4v) is 4.17. The first-order valence-electron chi connectivity index (χ1n) is 10.8. The predicted octanol–water partition coefficient (Wildman–Crippen LogP) is 5.73. The van der Waals surface area contributed by atoms with Crippen molar-refractivity contribution in [3.05, 3.63) is 89.5 Å². The zero-order valence-corrected chi connectivity index (χ0v) is 17.8. The van der Waals surface area contributed by atoms with Crippen LogP contribution >= 0.6 is 0 Å². The smallest absolute Gasteiger partial charge is 0.213 e. The SMILES string of the molecule is CCCOc1ccc([C@H]2Oc3ccc(OC)cc3[C@H]3CC(c4ccccc4)=NN32)cc1. The molecule has 2 aliphatic heterocycles. The van der Waals surface area contributed by atoms with Crippen LogP contribution in [-0.4, -0.2) is 24.4 Å². The maximum atomic E-state index is 6.46. The Bertz CT molecular complexity index is 1080. The lowest BCUT2D eigenvalue weighted by atomic mass is 9.95. The molecule has 0 bridgehead atoms. The number of rotatable bonds is 6. The van der Waals surface area contributed by atoms with Gasteiger partial charge in [0.15, 0.2) is 0 Å². The molecule has 31 heavy (non-hydrogen) atoms. The van der Waals surface area contributed by atoms with Gasteiger partial charge in [0, 0.05) is 17.5 Å². The Morgan fingerprint density at radius 3 is 2.52 bits per heavy atom. The zero-order valence-electron chi connectivity index (χ0n) is 17.8. The van der Waals surface area contributed by atoms with Crippen molar-refractivity contribution >= 4 is 5.71 Å². The monoisotopic (exact) mass is 414 g/mol. The van der Waals surface area contributed by atoms with E-state index in [0.717, 1.165) is 52.5 Å². The van der Waals surface area contributed by atoms with Crippen LogP contribution in [0.5, 0.6) is 17.2 Å². The van der Waals surface area contributed by atoms with Crippen molar-refractivity contribution in [3.8, 4) is 17.2 Å². The van der Waals surface area contributed by atoms with Crippen molar-refractivity contribution < 1.29 is 14.2 Å². The van der Waals surface area contributed by atoms with Crippen LogP contribution in [-0.2, 0) is 0 Å². The highest BCUT2D eigenvalue weighted by atomic mass is 16.5. The summed E-state index contributed by atoms with van der Waals surface area (Å²) in [5.74, 6) is 2.58. The second-order valence-electron chi connectivity index (χ2n) is 7.80. The van der Waals surface area contributed by atoms with Crippen LogP contribution in [0.2, 0.25) is 0 Å². The van der Waals surface area contributed by atoms with Gasteiger partial charge in [0.2, 0.25) is 6.23 Å². The number of hydrogen-bond donors (Lipinski definition) is 0. The molecule has 5 heteroatoms. The number of fused-ring (bicyclic) bond motifs is 3. The van der Waals surface area contributed by atoms with E-state index in [1.54, 1.807) is 7.11 Å². The van der Waals surface area contributed by atoms with E-state index in [1.165, 1.54) is 0 Å². The highest BCUT2D eigenvalue weighted by molar-refractivity contribution is 6.01. The van der Waals surface area contributed by atoms with Crippen LogP contribution in [0.15, 0.2) is 77.9 Å². The molecule has 0 unspecified atom stereocenters. The second-order valence-corrected chi connectivity index (χ2v) is 7.80. The molecule has 3 aromatic carbocycles. The molecular formula is C26H26N2O3. The van der Waals surface area contributed by atoms with E-state index in [0.29, 0.717) is 6.61 Å². The number of ether oxygens (including phenoxy) is 3. The van der Waals surface area contributed by atoms with Crippen LogP contribution in [0.4, 0.5) is 0 Å². The number of hydrazone groups is 1. The van der Waals surface area contributed by atoms with Gasteiger partial charge in [-0.25, -0.2) is 5.01 Å². The van der Waals surface area contributed by atoms with E-state index in [4.69, 9.17) is 19.3 Å². The highest BCUT2D eigenvalue weighted by Crippen LogP contribution is 2.48. The summed E-state index contributed by atoms with van der Waals surface area (Å²) in [6.07, 6.45) is 1.51. The Morgan fingerprint density at radius 2 is 1.77 bits per heavy atom. The molecule has 5 nitrogen and oxygen atoms in total. The molecule has 0 spiro atoms. The van der Waals surface area contributed by atoms with E-state index in [-0.39, 0.29) is 12.3 Å². The topological polar surface area (TPSA) is 43.3 Å². The van der Waals surface area contributed by atoms with E-state index in [9.17, 15) is 0 Å². The van der Waals surface area contributed by atoms with Crippen LogP contribution in [0.1, 0.15) is 48.7 Å². The minimum atomic E-state index is -0.299. The maximum absolute atomic E-state index is 6.46. The fourth-order valence-electron chi connectivity index (χ4n) is 4.17. The van der Waals surface area contributed by atoms with Crippen LogP contribution in [0.3, 0.4) is 0 Å². The summed E-state index contributed by atoms with van der Waals surface area (Å²) in [6.45, 7) is 2.82. The summed E-state index contributed by atoms with van der Waals surface area (Å²) in [5, 5.41) is 7.11. The molecule has 2 aliphatic rings. The third kappa shape index (κ3) is 3.72. The molecule has 5 rings (SSSR count). The quantitative estimate of drug-likeness (QED) is 0.517. The first kappa shape index (κ1) is 19.5. The summed E-state index contributed by atoms with van der Waals surface area (Å²) >= 11 is 0. The molecular weight excluding hydrogens is 388 g/mol. The van der Waals surface area contributed by atoms with Crippen LogP contribution in [0, 0.1) is 0 Å². The van der Waals surface area contributed by atoms with Gasteiger partial charge >= 0.3 is 0 Å². The standard InChI is InChI=1S/C26H26N2O3/c1-3-15-30-20-11-9-19(10-12-20)26-28-24(17-23(27-28)18-7-5-4-6-8-18)22-16-21(29-2)13-14-25(22)31-26/h4-14,16,24,26H,3,15,17H2,1-2H3/t24-,26-/m1/s1. The average molecular weight is 415 g/mol. The molecule has 2 atom stereocenters. The number of hydrogen-bond acceptors (Lipinski definition) is 5. The fraction of sp³-hybridized carbons (Fsp3) is 0.269. The van der Waals surface area contributed by atoms with Crippen molar-refractivity contribution in [2.45, 2.75) is 32.0 Å². The van der Waals surface area contributed by atoms with Gasteiger partial charge in [-0.15, -0.1) is 0 Å². The van der Waals surface area contributed by atoms with Gasteiger partial charge in [-0.05, 0) is 54.4 Å². The minimum absolute atomic E-state index is 0.0927. The van der Waals surface area contributed by atoms with Crippen molar-refractivity contribution in [1.82, 2.24) is 5.01 Å². The third-order valence-corrected chi connectivity index (χ3v) is 5.74. The highest BCUT2D eigenvalue weighted by Gasteiger charge is 2.41. The number of methoxy groups -OCH3 is 1. The Morgan fingerprint density at radius 1 is 1.00 bits per heavy atom. The first-order chi connectivity index (χ1) is 15.3. The molecule has 0 aromatic heterocycles. The van der Waals surface area contributed by atoms with Crippen LogP contribution in [0.25, 0.3) is 0 Å². The molecule has 2 heterocycles. The third-order valence-electron chi connectivity index (χ3n) is 5.74. The van der Waals surface area contributed by atoms with Crippen molar-refractivity contribution in [2.75, 3.05) is 13.7 Å². The molecule has 0 saturated heterocycles. The van der Waals surface area contributed by atoms with Gasteiger partial charge < -0.3 is 14.2 Å². The van der Waals surface area contributed by atoms with Crippen molar-refractivity contribution in [2.24, 2.45) is 5.10 Å². The summed E-state index contributed by atoms with van der Waals surface area (Å²) < 4.78 is 17.7. The van der Waals surface area contributed by atoms with Crippen LogP contribution < -0.4 is 14.2 Å². The largest absolute Gasteiger partial charge is 0.497 e. The molecule has 0 radical (unpaired) electrons. The van der Waals surface area contributed by atoms with E-state index in [1.807, 2.05) is 30.3 Å². The first-order valence-corrected chi connectivity index (χ1v) is 10.8. The molecule has 0 fully saturated rings. The van der Waals surface area contributed by atoms with E-state index < -0.39 is 0 Å². The number of nitrogens with zero attached hydrogens (tertiary/aromatic N) is 2. The molecule has 0 saturated carbocycles. The second kappa shape index (κ2) is 8.34. The summed E-state index contributed by atoms with van der Waals surface area (Å²) in [5.41, 5.74) is 4.36. The molecule has 3 aromatic rings. The molecule has 0 aliphatic carbocycles. The Balaban J connectivity index is 1.52. The normalized spacial score (nSPS) is 19.2. The van der Waals surface area contributed by atoms with Crippen molar-refractivity contribution in [1.29, 1.82) is 0 Å². The lowest BCUT2D eigenvalue weighted by Gasteiger charge is -2.38. The van der Waals surface area contributed by atoms with Gasteiger partial charge in [-0.2, -0.15) is 5.10 Å². The summed E-state index contributed by atoms with van der Waals surface area (Å²) in [6, 6.07) is 24.6. The van der Waals surface area contributed by atoms with E-state index >= 15 is 0 Å². The van der Waals surface area contributed by atoms with Gasteiger partial charge in [-0.3, -0.25) is 0 Å². The van der Waals surface area contributed by atoms with E-state index in [2.05, 4.69) is 54.4 Å². The lowest BCUT2D eigenvalue weighted by molar-refractivity contribution is -0.0191. The predicted molar refractivity (Wildman–Crippen MR) is 121 cm³/mol. The lowest BCUT2D eigenvalue weighted by Crippen LogP contribution is -2.33. The minimum Gasteiger partial charge on any atom is -0.497 e. The maximum Gasteiger partial charge on any atom is 0.213 e. The molecule has 0 N–H and O–H groups in total. The Labute approximate surface area is 182 Å². The Kier molecular flexibility index (Phi) is 5.24. The number of benzene rings is 3. The zero-order chi connectivity index (χ0) is 21.2. The van der Waals surface area contributed by atoms with Gasteiger partial charge in [0.1, 0.15) is 17.2 Å². The van der Waals surface area contributed by atoms with Gasteiger partial charge in [0.25, 0.3) is 0 Å². The van der Waals surface area contributed by atoms with Gasteiger partial charge in [0.05, 0.1) is 25.5 Å². The van der Waals surface area contributed by atoms with Crippen molar-refractivity contribution in [3.63, 3.8) is 0 Å². The average Bonchev–Trinajstić information content (AvgIpc) is 3.29.